The van der Waals surface area contributed by atoms with Crippen molar-refractivity contribution in [1.29, 1.82) is 0 Å². The number of ether oxygens (including phenoxy) is 1. The van der Waals surface area contributed by atoms with Gasteiger partial charge in [0.15, 0.2) is 11.6 Å². The number of anilines is 1. The summed E-state index contributed by atoms with van der Waals surface area (Å²) in [5.41, 5.74) is 0.864. The van der Waals surface area contributed by atoms with Crippen LogP contribution in [0.15, 0.2) is 42.5 Å². The average molecular weight is 316 g/mol. The van der Waals surface area contributed by atoms with Crippen molar-refractivity contribution in [3.05, 3.63) is 59.4 Å². The molecule has 0 fully saturated rings. The number of para-hydroxylation sites is 1. The second-order valence-corrected chi connectivity index (χ2v) is 5.05. The number of nitrogens with zero attached hydrogens (tertiary/aromatic N) is 1. The van der Waals surface area contributed by atoms with E-state index < -0.39 is 11.7 Å². The summed E-state index contributed by atoms with van der Waals surface area (Å²) in [5.74, 6) is -1.31. The zero-order valence-electron chi connectivity index (χ0n) is 13.1. The van der Waals surface area contributed by atoms with Gasteiger partial charge in [0.2, 0.25) is 0 Å². The van der Waals surface area contributed by atoms with E-state index in [1.165, 1.54) is 24.1 Å². The third-order valence-electron chi connectivity index (χ3n) is 3.23. The number of rotatable bonds is 4. The van der Waals surface area contributed by atoms with Crippen molar-refractivity contribution in [3.63, 3.8) is 0 Å². The Balaban J connectivity index is 2.27. The smallest absolute Gasteiger partial charge is 0.255 e. The molecule has 0 saturated carbocycles. The van der Waals surface area contributed by atoms with E-state index in [9.17, 15) is 14.0 Å². The third kappa shape index (κ3) is 3.66. The van der Waals surface area contributed by atoms with Gasteiger partial charge in [0.1, 0.15) is 0 Å². The van der Waals surface area contributed by atoms with E-state index in [1.54, 1.807) is 38.4 Å². The number of methoxy groups -OCH3 is 1. The highest BCUT2D eigenvalue weighted by molar-refractivity contribution is 6.08. The molecule has 0 radical (unpaired) electrons. The SMILES string of the molecule is COc1ccc(C(=O)Nc2ccccc2C(=O)N(C)C)cc1F. The molecule has 2 rings (SSSR count). The molecule has 2 amide bonds. The fourth-order valence-corrected chi connectivity index (χ4v) is 2.02. The molecule has 0 heterocycles. The molecule has 1 N–H and O–H groups in total. The Morgan fingerprint density at radius 3 is 2.43 bits per heavy atom. The zero-order chi connectivity index (χ0) is 17.0. The fourth-order valence-electron chi connectivity index (χ4n) is 2.02. The lowest BCUT2D eigenvalue weighted by Crippen LogP contribution is -2.24. The van der Waals surface area contributed by atoms with Crippen LogP contribution >= 0.6 is 0 Å². The number of carbonyl (C=O) groups excluding carboxylic acids is 2. The molecule has 0 aliphatic heterocycles. The molecule has 120 valence electrons. The molecular formula is C17H17FN2O3. The van der Waals surface area contributed by atoms with E-state index in [0.717, 1.165) is 6.07 Å². The number of hydrogen-bond acceptors (Lipinski definition) is 3. The first kappa shape index (κ1) is 16.5. The summed E-state index contributed by atoms with van der Waals surface area (Å²) < 4.78 is 18.5. The third-order valence-corrected chi connectivity index (χ3v) is 3.23. The quantitative estimate of drug-likeness (QED) is 0.943. The van der Waals surface area contributed by atoms with Gasteiger partial charge >= 0.3 is 0 Å². The van der Waals surface area contributed by atoms with Crippen molar-refractivity contribution in [2.24, 2.45) is 0 Å². The summed E-state index contributed by atoms with van der Waals surface area (Å²) >= 11 is 0. The number of amides is 2. The van der Waals surface area contributed by atoms with Crippen LogP contribution in [0, 0.1) is 5.82 Å². The number of nitrogens with one attached hydrogen (secondary N) is 1. The maximum atomic E-state index is 13.7. The van der Waals surface area contributed by atoms with Gasteiger partial charge in [0.25, 0.3) is 11.8 Å². The number of carbonyl (C=O) groups is 2. The average Bonchev–Trinajstić information content (AvgIpc) is 2.54. The minimum atomic E-state index is -0.627. The summed E-state index contributed by atoms with van der Waals surface area (Å²) in [4.78, 5) is 25.8. The molecule has 6 heteroatoms. The summed E-state index contributed by atoms with van der Waals surface area (Å²) in [6, 6.07) is 10.6. The molecule has 5 nitrogen and oxygen atoms in total. The summed E-state index contributed by atoms with van der Waals surface area (Å²) in [6.45, 7) is 0. The van der Waals surface area contributed by atoms with Gasteiger partial charge in [-0.1, -0.05) is 12.1 Å². The molecule has 0 saturated heterocycles. The van der Waals surface area contributed by atoms with Crippen LogP contribution < -0.4 is 10.1 Å². The second-order valence-electron chi connectivity index (χ2n) is 5.05. The number of halogens is 1. The van der Waals surface area contributed by atoms with E-state index in [0.29, 0.717) is 11.3 Å². The minimum absolute atomic E-state index is 0.0599. The van der Waals surface area contributed by atoms with Crippen LogP contribution in [0.3, 0.4) is 0 Å². The molecule has 0 aromatic heterocycles. The van der Waals surface area contributed by atoms with Crippen molar-refractivity contribution in [2.75, 3.05) is 26.5 Å². The van der Waals surface area contributed by atoms with Crippen LogP contribution in [0.25, 0.3) is 0 Å². The molecule has 2 aromatic rings. The Morgan fingerprint density at radius 2 is 1.83 bits per heavy atom. The monoisotopic (exact) mass is 316 g/mol. The van der Waals surface area contributed by atoms with Gasteiger partial charge in [-0.15, -0.1) is 0 Å². The van der Waals surface area contributed by atoms with Crippen molar-refractivity contribution in [1.82, 2.24) is 4.90 Å². The van der Waals surface area contributed by atoms with Crippen molar-refractivity contribution >= 4 is 17.5 Å². The molecule has 0 aliphatic carbocycles. The van der Waals surface area contributed by atoms with Crippen LogP contribution in [-0.2, 0) is 0 Å². The lowest BCUT2D eigenvalue weighted by molar-refractivity contribution is 0.0828. The van der Waals surface area contributed by atoms with Crippen LogP contribution in [0.4, 0.5) is 10.1 Å². The van der Waals surface area contributed by atoms with E-state index in [1.807, 2.05) is 0 Å². The largest absolute Gasteiger partial charge is 0.494 e. The Labute approximate surface area is 133 Å². The van der Waals surface area contributed by atoms with Crippen LogP contribution in [0.5, 0.6) is 5.75 Å². The topological polar surface area (TPSA) is 58.6 Å². The van der Waals surface area contributed by atoms with E-state index in [-0.39, 0.29) is 17.2 Å². The Hall–Kier alpha value is -2.89. The maximum Gasteiger partial charge on any atom is 0.255 e. The lowest BCUT2D eigenvalue weighted by Gasteiger charge is -2.14. The molecule has 2 aromatic carbocycles. The predicted octanol–water partition coefficient (Wildman–Crippen LogP) is 2.79. The molecule has 0 aliphatic rings. The van der Waals surface area contributed by atoms with Gasteiger partial charge in [-0.05, 0) is 30.3 Å². The van der Waals surface area contributed by atoms with Crippen LogP contribution in [0.2, 0.25) is 0 Å². The first-order valence-electron chi connectivity index (χ1n) is 6.89. The second kappa shape index (κ2) is 6.91. The first-order valence-corrected chi connectivity index (χ1v) is 6.89. The van der Waals surface area contributed by atoms with Gasteiger partial charge in [-0.3, -0.25) is 9.59 Å². The fraction of sp³-hybridized carbons (Fsp3) is 0.176. The van der Waals surface area contributed by atoms with E-state index >= 15 is 0 Å². The van der Waals surface area contributed by atoms with E-state index in [4.69, 9.17) is 4.74 Å². The highest BCUT2D eigenvalue weighted by Crippen LogP contribution is 2.20. The normalized spacial score (nSPS) is 10.1. The lowest BCUT2D eigenvalue weighted by atomic mass is 10.1. The van der Waals surface area contributed by atoms with Gasteiger partial charge in [0, 0.05) is 19.7 Å². The molecule has 0 bridgehead atoms. The molecular weight excluding hydrogens is 299 g/mol. The molecule has 0 spiro atoms. The predicted molar refractivity (Wildman–Crippen MR) is 85.4 cm³/mol. The van der Waals surface area contributed by atoms with Crippen LogP contribution in [0.1, 0.15) is 20.7 Å². The van der Waals surface area contributed by atoms with E-state index in [2.05, 4.69) is 5.32 Å². The van der Waals surface area contributed by atoms with Gasteiger partial charge in [0.05, 0.1) is 18.4 Å². The van der Waals surface area contributed by atoms with Gasteiger partial charge in [-0.2, -0.15) is 0 Å². The molecule has 0 unspecified atom stereocenters. The summed E-state index contributed by atoms with van der Waals surface area (Å²) in [7, 11) is 4.60. The maximum absolute atomic E-state index is 13.7. The Morgan fingerprint density at radius 1 is 1.13 bits per heavy atom. The molecule has 23 heavy (non-hydrogen) atoms. The summed E-state index contributed by atoms with van der Waals surface area (Å²) in [6.07, 6.45) is 0. The van der Waals surface area contributed by atoms with Gasteiger partial charge in [-0.25, -0.2) is 4.39 Å². The van der Waals surface area contributed by atoms with Gasteiger partial charge < -0.3 is 15.0 Å². The standard InChI is InChI=1S/C17H17FN2O3/c1-20(2)17(22)12-6-4-5-7-14(12)19-16(21)11-8-9-15(23-3)13(18)10-11/h4-10H,1-3H3,(H,19,21). The Bertz CT molecular complexity index is 744. The Kier molecular flexibility index (Phi) is 4.95. The highest BCUT2D eigenvalue weighted by Gasteiger charge is 2.16. The van der Waals surface area contributed by atoms with Crippen molar-refractivity contribution < 1.29 is 18.7 Å². The molecule has 0 atom stereocenters. The van der Waals surface area contributed by atoms with Crippen LogP contribution in [-0.4, -0.2) is 37.9 Å². The van der Waals surface area contributed by atoms with Crippen molar-refractivity contribution in [2.45, 2.75) is 0 Å². The van der Waals surface area contributed by atoms with Crippen molar-refractivity contribution in [3.8, 4) is 5.75 Å². The summed E-state index contributed by atoms with van der Waals surface area (Å²) in [5, 5.41) is 2.63. The number of hydrogen-bond donors (Lipinski definition) is 1. The number of benzene rings is 2. The first-order chi connectivity index (χ1) is 10.9. The minimum Gasteiger partial charge on any atom is -0.494 e. The highest BCUT2D eigenvalue weighted by atomic mass is 19.1. The zero-order valence-corrected chi connectivity index (χ0v) is 13.1.